The molecule has 5 heteroatoms. The van der Waals surface area contributed by atoms with Crippen molar-refractivity contribution in [2.45, 2.75) is 25.8 Å². The molecule has 0 atom stereocenters. The molecule has 2 aromatic carbocycles. The summed E-state index contributed by atoms with van der Waals surface area (Å²) in [4.78, 5) is 8.58. The van der Waals surface area contributed by atoms with E-state index < -0.39 is 0 Å². The molecule has 4 rings (SSSR count). The van der Waals surface area contributed by atoms with E-state index in [0.717, 1.165) is 52.9 Å². The number of thioether (sulfide) groups is 1. The van der Waals surface area contributed by atoms with Gasteiger partial charge in [-0.1, -0.05) is 35.9 Å². The Bertz CT molecular complexity index is 894. The molecule has 0 aliphatic carbocycles. The van der Waals surface area contributed by atoms with Gasteiger partial charge in [0.2, 0.25) is 0 Å². The topological polar surface area (TPSA) is 28.8 Å². The Balaban J connectivity index is 1.68. The Hall–Kier alpha value is -1.96. The molecule has 26 heavy (non-hydrogen) atoms. The molecule has 2 aliphatic heterocycles. The fourth-order valence-electron chi connectivity index (χ4n) is 3.81. The number of aliphatic imine (C=N–C) groups is 1. The van der Waals surface area contributed by atoms with E-state index in [2.05, 4.69) is 16.2 Å². The van der Waals surface area contributed by atoms with Crippen molar-refractivity contribution in [1.29, 1.82) is 0 Å². The number of nitrogens with zero attached hydrogens (tertiary/aromatic N) is 2. The number of hydrogen-bond donors (Lipinski definition) is 1. The Morgan fingerprint density at radius 3 is 2.81 bits per heavy atom. The van der Waals surface area contributed by atoms with Gasteiger partial charge in [0.15, 0.2) is 5.69 Å². The molecule has 132 valence electrons. The Labute approximate surface area is 163 Å². The first kappa shape index (κ1) is 17.5. The lowest BCUT2D eigenvalue weighted by molar-refractivity contribution is 0.377. The fourth-order valence-corrected chi connectivity index (χ4v) is 5.30. The van der Waals surface area contributed by atoms with Gasteiger partial charge in [0, 0.05) is 16.1 Å². The maximum Gasteiger partial charge on any atom is 0.187 e. The lowest BCUT2D eigenvalue weighted by Gasteiger charge is -2.42. The normalized spacial score (nSPS) is 19.6. The summed E-state index contributed by atoms with van der Waals surface area (Å²) in [5.41, 5.74) is 4.24. The third kappa shape index (κ3) is 3.47. The van der Waals surface area contributed by atoms with Crippen molar-refractivity contribution >= 4 is 40.6 Å². The first-order valence-electron chi connectivity index (χ1n) is 8.83. The molecule has 1 saturated heterocycles. The van der Waals surface area contributed by atoms with Gasteiger partial charge in [-0.2, -0.15) is 11.8 Å². The SMILES string of the molecule is [C-]#[N+]c1ccc2c(c1)CC1(CCSCC1)C(=NCc1cccc(Cl)c1)N2. The zero-order valence-electron chi connectivity index (χ0n) is 14.5. The van der Waals surface area contributed by atoms with E-state index in [1.165, 1.54) is 5.56 Å². The van der Waals surface area contributed by atoms with Crippen LogP contribution in [0.25, 0.3) is 4.85 Å². The van der Waals surface area contributed by atoms with Gasteiger partial charge in [0.05, 0.1) is 13.1 Å². The number of fused-ring (bicyclic) bond motifs is 1. The number of hydrogen-bond acceptors (Lipinski definition) is 2. The molecule has 2 heterocycles. The molecule has 0 unspecified atom stereocenters. The molecule has 1 spiro atoms. The first-order valence-corrected chi connectivity index (χ1v) is 10.4. The molecule has 0 aromatic heterocycles. The van der Waals surface area contributed by atoms with Crippen LogP contribution in [0.5, 0.6) is 0 Å². The summed E-state index contributed by atoms with van der Waals surface area (Å²) in [5.74, 6) is 3.42. The van der Waals surface area contributed by atoms with Crippen LogP contribution in [0.2, 0.25) is 5.02 Å². The van der Waals surface area contributed by atoms with Crippen LogP contribution in [-0.2, 0) is 13.0 Å². The average Bonchev–Trinajstić information content (AvgIpc) is 2.66. The van der Waals surface area contributed by atoms with E-state index in [4.69, 9.17) is 23.2 Å². The molecule has 0 amide bonds. The van der Waals surface area contributed by atoms with E-state index in [-0.39, 0.29) is 5.41 Å². The van der Waals surface area contributed by atoms with Gasteiger partial charge in [-0.3, -0.25) is 4.99 Å². The number of halogens is 1. The van der Waals surface area contributed by atoms with Crippen molar-refractivity contribution in [3.8, 4) is 0 Å². The van der Waals surface area contributed by atoms with Crippen molar-refractivity contribution in [2.24, 2.45) is 10.4 Å². The van der Waals surface area contributed by atoms with Gasteiger partial charge in [0.25, 0.3) is 0 Å². The van der Waals surface area contributed by atoms with Crippen LogP contribution in [-0.4, -0.2) is 17.3 Å². The monoisotopic (exact) mass is 381 g/mol. The van der Waals surface area contributed by atoms with E-state index in [1.807, 2.05) is 48.2 Å². The average molecular weight is 382 g/mol. The van der Waals surface area contributed by atoms with E-state index in [9.17, 15) is 0 Å². The second kappa shape index (κ2) is 7.34. The van der Waals surface area contributed by atoms with Gasteiger partial charge < -0.3 is 5.32 Å². The summed E-state index contributed by atoms with van der Waals surface area (Å²) in [6.45, 7) is 7.91. The summed E-state index contributed by atoms with van der Waals surface area (Å²) in [5, 5.41) is 4.35. The third-order valence-corrected chi connectivity index (χ3v) is 6.48. The summed E-state index contributed by atoms with van der Waals surface area (Å²) in [6, 6.07) is 13.8. The van der Waals surface area contributed by atoms with Crippen molar-refractivity contribution in [3.05, 3.63) is 70.0 Å². The highest BCUT2D eigenvalue weighted by molar-refractivity contribution is 7.99. The standard InChI is InChI=1S/C21H20ClN3S/c1-23-18-5-6-19-16(12-18)13-21(7-9-26-10-8-21)20(25-19)24-14-15-3-2-4-17(22)11-15/h2-6,11-12H,7-10,13-14H2,(H,24,25). The molecule has 0 saturated carbocycles. The van der Waals surface area contributed by atoms with Crippen LogP contribution in [0, 0.1) is 12.0 Å². The maximum atomic E-state index is 7.28. The third-order valence-electron chi connectivity index (χ3n) is 5.26. The van der Waals surface area contributed by atoms with Crippen molar-refractivity contribution in [1.82, 2.24) is 0 Å². The van der Waals surface area contributed by atoms with Crippen LogP contribution < -0.4 is 5.32 Å². The number of rotatable bonds is 2. The van der Waals surface area contributed by atoms with E-state index >= 15 is 0 Å². The molecule has 2 aromatic rings. The molecule has 1 N–H and O–H groups in total. The van der Waals surface area contributed by atoms with Gasteiger partial charge in [-0.25, -0.2) is 4.85 Å². The van der Waals surface area contributed by atoms with Gasteiger partial charge in [0.1, 0.15) is 5.84 Å². The Morgan fingerprint density at radius 2 is 2.04 bits per heavy atom. The minimum atomic E-state index is 0.0669. The lowest BCUT2D eigenvalue weighted by Crippen LogP contribution is -2.44. The summed E-state index contributed by atoms with van der Waals surface area (Å²) >= 11 is 8.13. The predicted octanol–water partition coefficient (Wildman–Crippen LogP) is 5.97. The lowest BCUT2D eigenvalue weighted by atomic mass is 9.72. The van der Waals surface area contributed by atoms with Crippen LogP contribution >= 0.6 is 23.4 Å². The fraction of sp³-hybridized carbons (Fsp3) is 0.333. The highest BCUT2D eigenvalue weighted by atomic mass is 35.5. The van der Waals surface area contributed by atoms with Crippen LogP contribution in [0.4, 0.5) is 11.4 Å². The largest absolute Gasteiger partial charge is 0.343 e. The molecule has 3 nitrogen and oxygen atoms in total. The minimum absolute atomic E-state index is 0.0669. The number of nitrogens with one attached hydrogen (secondary N) is 1. The van der Waals surface area contributed by atoms with Gasteiger partial charge in [-0.05, 0) is 60.1 Å². The second-order valence-corrected chi connectivity index (χ2v) is 8.60. The Kier molecular flexibility index (Phi) is 4.93. The highest BCUT2D eigenvalue weighted by Crippen LogP contribution is 2.44. The molecular formula is C21H20ClN3S. The second-order valence-electron chi connectivity index (χ2n) is 6.94. The maximum absolute atomic E-state index is 7.28. The molecule has 0 bridgehead atoms. The number of benzene rings is 2. The molecule has 0 radical (unpaired) electrons. The van der Waals surface area contributed by atoms with Crippen LogP contribution in [0.3, 0.4) is 0 Å². The number of anilines is 1. The van der Waals surface area contributed by atoms with Crippen LogP contribution in [0.1, 0.15) is 24.0 Å². The van der Waals surface area contributed by atoms with Gasteiger partial charge >= 0.3 is 0 Å². The predicted molar refractivity (Wildman–Crippen MR) is 112 cm³/mol. The van der Waals surface area contributed by atoms with Crippen molar-refractivity contribution in [2.75, 3.05) is 16.8 Å². The Morgan fingerprint density at radius 1 is 1.19 bits per heavy atom. The summed E-state index contributed by atoms with van der Waals surface area (Å²) < 4.78 is 0. The molecule has 2 aliphatic rings. The summed E-state index contributed by atoms with van der Waals surface area (Å²) in [6.07, 6.45) is 3.22. The highest BCUT2D eigenvalue weighted by Gasteiger charge is 2.41. The smallest absolute Gasteiger partial charge is 0.187 e. The molecule has 1 fully saturated rings. The van der Waals surface area contributed by atoms with Crippen molar-refractivity contribution < 1.29 is 0 Å². The van der Waals surface area contributed by atoms with Gasteiger partial charge in [-0.15, -0.1) is 0 Å². The quantitative estimate of drug-likeness (QED) is 0.649. The first-order chi connectivity index (χ1) is 12.7. The van der Waals surface area contributed by atoms with Crippen molar-refractivity contribution in [3.63, 3.8) is 0 Å². The molecular weight excluding hydrogens is 362 g/mol. The van der Waals surface area contributed by atoms with E-state index in [1.54, 1.807) is 0 Å². The zero-order chi connectivity index (χ0) is 18.0. The van der Waals surface area contributed by atoms with E-state index in [0.29, 0.717) is 12.2 Å². The minimum Gasteiger partial charge on any atom is -0.343 e. The number of amidine groups is 1. The van der Waals surface area contributed by atoms with Crippen LogP contribution in [0.15, 0.2) is 47.5 Å². The summed E-state index contributed by atoms with van der Waals surface area (Å²) in [7, 11) is 0. The zero-order valence-corrected chi connectivity index (χ0v) is 16.0.